The topological polar surface area (TPSA) is 739 Å². The fourth-order valence-electron chi connectivity index (χ4n) is 13.0. The number of aliphatic hydroxyl groups is 5. The van der Waals surface area contributed by atoms with Crippen LogP contribution in [-0.2, 0) is 57.0 Å². The molecule has 0 aromatic heterocycles. The van der Waals surface area contributed by atoms with E-state index in [4.69, 9.17) is 61.6 Å². The van der Waals surface area contributed by atoms with E-state index in [-0.39, 0.29) is 24.3 Å². The number of hydrogen-bond acceptors (Lipinski definition) is 45. The van der Waals surface area contributed by atoms with Crippen LogP contribution in [0.15, 0.2) is 66.2 Å². The van der Waals surface area contributed by atoms with Crippen molar-refractivity contribution in [3.8, 4) is 149 Å². The second-order valence-corrected chi connectivity index (χ2v) is 25.3. The number of rotatable bonds is 4. The van der Waals surface area contributed by atoms with Crippen LogP contribution in [0.25, 0.3) is 22.3 Å². The maximum Gasteiger partial charge on any atom is 0.342 e. The molecule has 45 heteroatoms. The Hall–Kier alpha value is -14.8. The van der Waals surface area contributed by atoms with Crippen LogP contribution in [0.3, 0.4) is 0 Å². The molecule has 12 atom stereocenters. The minimum Gasteiger partial charge on any atom is -0.504 e. The third-order valence-corrected chi connectivity index (χ3v) is 18.5. The molecule has 1 aliphatic carbocycles. The number of cyclic esters (lactones) is 1. The number of phenols is 18. The number of hydrogen-bond donors (Lipinski definition) is 23. The molecule has 45 nitrogen and oxygen atoms in total. The van der Waals surface area contributed by atoms with Crippen LogP contribution in [0.1, 0.15) is 72.5 Å². The minimum absolute atomic E-state index is 0.0653. The predicted octanol–water partition coefficient (Wildman–Crippen LogP) is -1.04. The Morgan fingerprint density at radius 2 is 0.735 bits per heavy atom. The zero-order valence-corrected chi connectivity index (χ0v) is 55.3. The third kappa shape index (κ3) is 11.8. The van der Waals surface area contributed by atoms with Crippen molar-refractivity contribution in [2.45, 2.75) is 79.1 Å². The third-order valence-electron chi connectivity index (χ3n) is 18.5. The summed E-state index contributed by atoms with van der Waals surface area (Å²) in [6.45, 7) is -2.99. The normalized spacial score (nSPS) is 24.8. The number of benzene rings is 7. The Morgan fingerprint density at radius 1 is 0.372 bits per heavy atom. The maximum absolute atomic E-state index is 15.6. The number of phenolic OH excluding ortho intramolecular Hbond substituents is 18. The molecule has 12 unspecified atom stereocenters. The Bertz CT molecular complexity index is 5420. The summed E-state index contributed by atoms with van der Waals surface area (Å²) in [5.74, 6) is -61.0. The van der Waals surface area contributed by atoms with Crippen molar-refractivity contribution in [2.24, 2.45) is 0 Å². The van der Waals surface area contributed by atoms with E-state index in [0.29, 0.717) is 36.4 Å². The van der Waals surface area contributed by atoms with Crippen LogP contribution < -0.4 is 14.2 Å². The fraction of sp³-hybridized carbons (Fsp3) is 0.221. The monoisotopic (exact) mass is 1580 g/mol. The van der Waals surface area contributed by atoms with Gasteiger partial charge in [0.05, 0.1) is 39.0 Å². The number of carbonyl (C=O) groups excluding carboxylic acids is 9. The van der Waals surface area contributed by atoms with Crippen LogP contribution in [0.5, 0.6) is 126 Å². The van der Waals surface area contributed by atoms with Crippen molar-refractivity contribution in [1.82, 2.24) is 0 Å². The molecule has 0 spiro atoms. The minimum atomic E-state index is -4.49. The molecule has 2 fully saturated rings. The standard InChI is InChI=1S/C68H48O45/c69-21-1-13(2-22(70)37(21)77)57(88)109-52-50-31-12-102-60(91)17-9-29-49(46(86)36(17)34-16(61(92)107-50)6-26(74)40(80)44(34)84)113-68(100)56(104-29)20(10-32(76)67(68,98)99)64(95)112-55-53(110-58(89)14-3-23(71)38(78)24(72)4-14)51-30(106-66(55)97)11-101-59(90)15-5-25(73)39(79)43(83)33(15)35-18(62(93)108-51)8-28(42(82)45(35)85)103-48-19(7-27(75)41(81)47(48)87)63(94)111-54(52)65(96)105-31/h1-10,30-31,50-56,65-66,69-75,77-87,96-100H,11-12H2. The van der Waals surface area contributed by atoms with Gasteiger partial charge in [-0.05, 0) is 42.5 Å². The van der Waals surface area contributed by atoms with Gasteiger partial charge in [-0.15, -0.1) is 0 Å². The SMILES string of the molecule is O=C1OC2C(O)OC3COC(=O)c4cc(O)c(O)c(O)c4-c4c(cc(c(O)c4O)Oc4c(cc(O)c(O)c4O)C(=O)OC4C(O)OC5COC(=O)c6cc7c(c(O)c6-c6c(cc(O)c(O)c6O)C(=O)OC5C4OC(=O)c4cc(O)c(O)c(O)c4)OC4(O)C(O7)C1=CC(=O)C4(O)O)C(=O)OC3C2OC(=O)c1cc(O)c(O)c(O)c1. The van der Waals surface area contributed by atoms with Gasteiger partial charge in [0.1, 0.15) is 31.0 Å². The van der Waals surface area contributed by atoms with Crippen LogP contribution >= 0.6 is 0 Å². The van der Waals surface area contributed by atoms with E-state index in [0.717, 1.165) is 0 Å². The van der Waals surface area contributed by atoms with Gasteiger partial charge in [0.15, 0.2) is 141 Å². The van der Waals surface area contributed by atoms with Gasteiger partial charge in [-0.1, -0.05) is 0 Å². The molecule has 14 rings (SSSR count). The number of ketones is 1. The summed E-state index contributed by atoms with van der Waals surface area (Å²) in [5.41, 5.74) is -16.1. The molecule has 0 saturated carbocycles. The van der Waals surface area contributed by atoms with Crippen molar-refractivity contribution >= 4 is 53.5 Å². The average molecular weight is 1590 g/mol. The highest BCUT2D eigenvalue weighted by Crippen LogP contribution is 2.60. The van der Waals surface area contributed by atoms with Crippen LogP contribution in [0, 0.1) is 0 Å². The Balaban J connectivity index is 1.02. The van der Waals surface area contributed by atoms with Crippen molar-refractivity contribution in [2.75, 3.05) is 13.2 Å². The molecule has 113 heavy (non-hydrogen) atoms. The van der Waals surface area contributed by atoms with Gasteiger partial charge < -0.3 is 179 Å². The first-order valence-electron chi connectivity index (χ1n) is 31.7. The lowest BCUT2D eigenvalue weighted by Crippen LogP contribution is -2.73. The molecule has 0 amide bonds. The number of esters is 8. The number of fused-ring (bicyclic) bond motifs is 12. The second-order valence-electron chi connectivity index (χ2n) is 25.3. The van der Waals surface area contributed by atoms with Crippen molar-refractivity contribution in [3.63, 3.8) is 0 Å². The molecule has 7 aliphatic rings. The molecule has 6 aliphatic heterocycles. The fourth-order valence-corrected chi connectivity index (χ4v) is 13.0. The maximum atomic E-state index is 15.6. The molecule has 23 N–H and O–H groups in total. The molecular weight excluding hydrogens is 1540 g/mol. The highest BCUT2D eigenvalue weighted by atomic mass is 16.7. The summed E-state index contributed by atoms with van der Waals surface area (Å²) < 4.78 is 73.4. The Morgan fingerprint density at radius 3 is 1.20 bits per heavy atom. The van der Waals surface area contributed by atoms with Crippen LogP contribution in [-0.4, -0.2) is 263 Å². The van der Waals surface area contributed by atoms with Crippen LogP contribution in [0.4, 0.5) is 0 Å². The van der Waals surface area contributed by atoms with E-state index < -0.39 is 339 Å². The zero-order chi connectivity index (χ0) is 81.9. The molecule has 590 valence electrons. The Kier molecular flexibility index (Phi) is 17.6. The summed E-state index contributed by atoms with van der Waals surface area (Å²) in [5, 5.41) is 260. The second kappa shape index (κ2) is 26.5. The number of aromatic hydroxyl groups is 18. The van der Waals surface area contributed by atoms with E-state index in [9.17, 15) is 141 Å². The predicted molar refractivity (Wildman–Crippen MR) is 342 cm³/mol. The quantitative estimate of drug-likeness (QED) is 0.0433. The van der Waals surface area contributed by atoms with E-state index in [1.807, 2.05) is 0 Å². The molecule has 9 bridgehead atoms. The summed E-state index contributed by atoms with van der Waals surface area (Å²) in [6, 6.07) is 2.84. The number of aliphatic hydroxyl groups excluding tert-OH is 2. The number of ether oxygens (including phenoxy) is 13. The first-order chi connectivity index (χ1) is 53.1. The Labute approximate surface area is 620 Å². The van der Waals surface area contributed by atoms with E-state index >= 15 is 19.2 Å². The number of carbonyl (C=O) groups is 9. The molecule has 7 aromatic rings. The van der Waals surface area contributed by atoms with Gasteiger partial charge in [0.2, 0.25) is 46.4 Å². The molecule has 7 aromatic carbocycles. The average Bonchev–Trinajstić information content (AvgIpc) is 0.890. The van der Waals surface area contributed by atoms with Crippen molar-refractivity contribution in [1.29, 1.82) is 0 Å². The van der Waals surface area contributed by atoms with Gasteiger partial charge >= 0.3 is 53.5 Å². The molecule has 6 heterocycles. The smallest absolute Gasteiger partial charge is 0.342 e. The summed E-state index contributed by atoms with van der Waals surface area (Å²) in [4.78, 5) is 133. The van der Waals surface area contributed by atoms with E-state index in [2.05, 4.69) is 0 Å². The zero-order valence-electron chi connectivity index (χ0n) is 55.3. The van der Waals surface area contributed by atoms with Crippen molar-refractivity contribution < 1.29 is 222 Å². The largest absolute Gasteiger partial charge is 0.504 e. The van der Waals surface area contributed by atoms with Crippen LogP contribution in [0.2, 0.25) is 0 Å². The summed E-state index contributed by atoms with van der Waals surface area (Å²) in [6.07, 6.45) is -31.0. The summed E-state index contributed by atoms with van der Waals surface area (Å²) in [7, 11) is 0. The van der Waals surface area contributed by atoms with E-state index in [1.165, 1.54) is 0 Å². The lowest BCUT2D eigenvalue weighted by Gasteiger charge is -2.48. The first-order valence-corrected chi connectivity index (χ1v) is 31.7. The highest BCUT2D eigenvalue weighted by Gasteiger charge is 2.70. The van der Waals surface area contributed by atoms with Crippen molar-refractivity contribution in [3.05, 3.63) is 105 Å². The van der Waals surface area contributed by atoms with Gasteiger partial charge in [0, 0.05) is 40.5 Å². The van der Waals surface area contributed by atoms with E-state index in [1.54, 1.807) is 0 Å². The lowest BCUT2D eigenvalue weighted by molar-refractivity contribution is -0.352. The first kappa shape index (κ1) is 75.1. The van der Waals surface area contributed by atoms with Gasteiger partial charge in [0.25, 0.3) is 5.79 Å². The lowest BCUT2D eigenvalue weighted by atomic mass is 9.82. The molecule has 2 saturated heterocycles. The molecule has 0 radical (unpaired) electrons. The molecular formula is C68H48O45. The van der Waals surface area contributed by atoms with Gasteiger partial charge in [-0.2, -0.15) is 0 Å². The van der Waals surface area contributed by atoms with Gasteiger partial charge in [-0.25, -0.2) is 38.4 Å². The highest BCUT2D eigenvalue weighted by molar-refractivity contribution is 6.11. The summed E-state index contributed by atoms with van der Waals surface area (Å²) >= 11 is 0. The van der Waals surface area contributed by atoms with Gasteiger partial charge in [-0.3, -0.25) is 4.79 Å².